The van der Waals surface area contributed by atoms with Crippen LogP contribution in [0.4, 0.5) is 0 Å². The minimum absolute atomic E-state index is 0.0646. The van der Waals surface area contributed by atoms with Crippen LogP contribution < -0.4 is 5.32 Å². The summed E-state index contributed by atoms with van der Waals surface area (Å²) in [5.74, 6) is -2.34. The van der Waals surface area contributed by atoms with Crippen molar-refractivity contribution in [1.82, 2.24) is 10.2 Å². The molecule has 6 aromatic carbocycles. The number of amides is 1. The predicted octanol–water partition coefficient (Wildman–Crippen LogP) is 10.7. The van der Waals surface area contributed by atoms with Crippen LogP contribution in [0.25, 0.3) is 44.2 Å². The molecule has 1 amide bonds. The first kappa shape index (κ1) is 44.7. The Balaban J connectivity index is 0.000000181. The van der Waals surface area contributed by atoms with Crippen molar-refractivity contribution in [3.05, 3.63) is 191 Å². The van der Waals surface area contributed by atoms with E-state index in [1.54, 1.807) is 46.6 Å². The van der Waals surface area contributed by atoms with Crippen molar-refractivity contribution in [1.29, 1.82) is 0 Å². The van der Waals surface area contributed by atoms with Crippen molar-refractivity contribution in [3.63, 3.8) is 0 Å². The largest absolute Gasteiger partial charge is 0.478 e. The number of nitrogens with zero attached hydrogens (tertiary/aromatic N) is 1. The molecular formula is C54H52N2O9. The molecule has 0 saturated carbocycles. The molecule has 0 bridgehead atoms. The second-order valence-electron chi connectivity index (χ2n) is 15.7. The third kappa shape index (κ3) is 9.10. The number of carboxylic acid groups (broad SMARTS) is 1. The van der Waals surface area contributed by atoms with Gasteiger partial charge in [0.1, 0.15) is 11.2 Å². The first-order valence-corrected chi connectivity index (χ1v) is 21.6. The van der Waals surface area contributed by atoms with E-state index in [0.29, 0.717) is 34.8 Å². The van der Waals surface area contributed by atoms with E-state index in [1.165, 1.54) is 12.8 Å². The predicted molar refractivity (Wildman–Crippen MR) is 251 cm³/mol. The van der Waals surface area contributed by atoms with Crippen molar-refractivity contribution >= 4 is 33.8 Å². The molecular weight excluding hydrogens is 821 g/mol. The molecule has 0 radical (unpaired) electrons. The molecule has 8 aromatic rings. The second-order valence-corrected chi connectivity index (χ2v) is 15.7. The molecule has 1 saturated heterocycles. The van der Waals surface area contributed by atoms with Gasteiger partial charge in [0.2, 0.25) is 0 Å². The minimum Gasteiger partial charge on any atom is -0.478 e. The highest BCUT2D eigenvalue weighted by Gasteiger charge is 2.40. The van der Waals surface area contributed by atoms with Gasteiger partial charge < -0.3 is 43.1 Å². The van der Waals surface area contributed by atoms with E-state index in [9.17, 15) is 14.7 Å². The normalized spacial score (nSPS) is 13.2. The Bertz CT molecular complexity index is 2870. The number of benzene rings is 6. The molecule has 0 spiro atoms. The van der Waals surface area contributed by atoms with Crippen LogP contribution in [-0.4, -0.2) is 76.5 Å². The van der Waals surface area contributed by atoms with Gasteiger partial charge in [0, 0.05) is 80.1 Å². The molecule has 65 heavy (non-hydrogen) atoms. The molecule has 1 aliphatic heterocycles. The molecule has 3 heterocycles. The van der Waals surface area contributed by atoms with E-state index < -0.39 is 17.5 Å². The number of para-hydroxylation sites is 2. The minimum atomic E-state index is -1.19. The van der Waals surface area contributed by atoms with Crippen LogP contribution in [-0.2, 0) is 30.5 Å². The molecule has 1 fully saturated rings. The Morgan fingerprint density at radius 3 is 1.48 bits per heavy atom. The fourth-order valence-electron chi connectivity index (χ4n) is 8.63. The van der Waals surface area contributed by atoms with E-state index in [1.807, 2.05) is 140 Å². The maximum Gasteiger partial charge on any atom is 0.335 e. The third-order valence-corrected chi connectivity index (χ3v) is 12.0. The zero-order chi connectivity index (χ0) is 45.4. The Hall–Kier alpha value is -6.86. The van der Waals surface area contributed by atoms with Crippen molar-refractivity contribution in [3.8, 4) is 22.3 Å². The SMILES string of the molecule is COC(OC)(c1ccccc1)c1cc2cccc(-c3cccc(C(=O)NCCN4CCCC4)c3)c2o1.COC(OC)(c1ccccc1)c1cc2cccc(-c3cccc(C(=O)O)c3)c2o1. The van der Waals surface area contributed by atoms with Crippen molar-refractivity contribution in [2.75, 3.05) is 54.6 Å². The Labute approximate surface area is 378 Å². The maximum absolute atomic E-state index is 12.8. The summed E-state index contributed by atoms with van der Waals surface area (Å²) in [5, 5.41) is 14.2. The molecule has 11 nitrogen and oxygen atoms in total. The van der Waals surface area contributed by atoms with Crippen LogP contribution in [0.1, 0.15) is 56.2 Å². The number of carbonyl (C=O) groups excluding carboxylic acids is 1. The average molecular weight is 873 g/mol. The lowest BCUT2D eigenvalue weighted by atomic mass is 10.0. The highest BCUT2D eigenvalue weighted by Crippen LogP contribution is 2.41. The Kier molecular flexibility index (Phi) is 13.7. The molecule has 0 aliphatic carbocycles. The van der Waals surface area contributed by atoms with Crippen molar-refractivity contribution in [2.45, 2.75) is 24.4 Å². The molecule has 11 heteroatoms. The zero-order valence-corrected chi connectivity index (χ0v) is 36.9. The summed E-state index contributed by atoms with van der Waals surface area (Å²) < 4.78 is 36.0. The Morgan fingerprint density at radius 2 is 1.02 bits per heavy atom. The van der Waals surface area contributed by atoms with Crippen LogP contribution >= 0.6 is 0 Å². The molecule has 9 rings (SSSR count). The van der Waals surface area contributed by atoms with Crippen LogP contribution in [0.3, 0.4) is 0 Å². The standard InChI is InChI=1S/C30H32N2O4.C24H20O5/c1-34-30(35-2,25-13-4-3-5-14-25)27-21-23-11-9-15-26(28(23)36-27)22-10-8-12-24(20-22)29(33)31-16-19-32-17-6-7-18-32;1-27-24(28-2,19-11-4-3-5-12-19)21-15-17-9-7-13-20(22(17)29-21)16-8-6-10-18(14-16)23(25)26/h3-5,8-15,20-21H,6-7,16-19H2,1-2H3,(H,31,33);3-15H,1-2H3,(H,25,26). The number of methoxy groups -OCH3 is 4. The van der Waals surface area contributed by atoms with Crippen molar-refractivity contribution < 1.29 is 42.5 Å². The lowest BCUT2D eigenvalue weighted by Crippen LogP contribution is -2.33. The molecule has 2 N–H and O–H groups in total. The zero-order valence-electron chi connectivity index (χ0n) is 36.9. The van der Waals surface area contributed by atoms with Gasteiger partial charge in [-0.2, -0.15) is 0 Å². The van der Waals surface area contributed by atoms with E-state index in [0.717, 1.165) is 63.8 Å². The fourth-order valence-corrected chi connectivity index (χ4v) is 8.63. The molecule has 0 unspecified atom stereocenters. The van der Waals surface area contributed by atoms with Gasteiger partial charge in [-0.3, -0.25) is 4.79 Å². The summed E-state index contributed by atoms with van der Waals surface area (Å²) in [6, 6.07) is 49.3. The lowest BCUT2D eigenvalue weighted by Gasteiger charge is -2.29. The molecule has 0 atom stereocenters. The van der Waals surface area contributed by atoms with E-state index in [2.05, 4.69) is 10.2 Å². The van der Waals surface area contributed by atoms with Crippen LogP contribution in [0.5, 0.6) is 0 Å². The topological polar surface area (TPSA) is 133 Å². The van der Waals surface area contributed by atoms with Gasteiger partial charge in [0.15, 0.2) is 11.5 Å². The quantitative estimate of drug-likeness (QED) is 0.0959. The second kappa shape index (κ2) is 19.9. The summed E-state index contributed by atoms with van der Waals surface area (Å²) in [6.07, 6.45) is 2.49. The Morgan fingerprint density at radius 1 is 0.569 bits per heavy atom. The molecule has 332 valence electrons. The number of likely N-dealkylation sites (tertiary alicyclic amines) is 1. The van der Waals surface area contributed by atoms with Gasteiger partial charge >= 0.3 is 5.97 Å². The van der Waals surface area contributed by atoms with E-state index >= 15 is 0 Å². The third-order valence-electron chi connectivity index (χ3n) is 12.0. The number of aromatic carboxylic acids is 1. The maximum atomic E-state index is 12.8. The number of carboxylic acids is 1. The van der Waals surface area contributed by atoms with Crippen LogP contribution in [0.2, 0.25) is 0 Å². The van der Waals surface area contributed by atoms with E-state index in [-0.39, 0.29) is 11.5 Å². The molecule has 1 aliphatic rings. The summed E-state index contributed by atoms with van der Waals surface area (Å²) in [5.41, 5.74) is 7.22. The summed E-state index contributed by atoms with van der Waals surface area (Å²) in [7, 11) is 6.36. The monoisotopic (exact) mass is 872 g/mol. The summed E-state index contributed by atoms with van der Waals surface area (Å²) in [4.78, 5) is 26.6. The molecule has 2 aromatic heterocycles. The van der Waals surface area contributed by atoms with Gasteiger partial charge in [-0.1, -0.05) is 121 Å². The number of hydrogen-bond acceptors (Lipinski definition) is 9. The number of carbonyl (C=O) groups is 2. The average Bonchev–Trinajstić information content (AvgIpc) is 4.15. The van der Waals surface area contributed by atoms with E-state index in [4.69, 9.17) is 27.8 Å². The summed E-state index contributed by atoms with van der Waals surface area (Å²) >= 11 is 0. The van der Waals surface area contributed by atoms with Crippen LogP contribution in [0, 0.1) is 0 Å². The first-order chi connectivity index (χ1) is 31.7. The highest BCUT2D eigenvalue weighted by atomic mass is 16.7. The van der Waals surface area contributed by atoms with Gasteiger partial charge in [-0.25, -0.2) is 4.79 Å². The van der Waals surface area contributed by atoms with Crippen LogP contribution in [0.15, 0.2) is 167 Å². The fraction of sp³-hybridized carbons (Fsp3) is 0.222. The summed E-state index contributed by atoms with van der Waals surface area (Å²) in [6.45, 7) is 3.79. The van der Waals surface area contributed by atoms with Gasteiger partial charge in [-0.05, 0) is 73.5 Å². The first-order valence-electron chi connectivity index (χ1n) is 21.6. The van der Waals surface area contributed by atoms with Crippen molar-refractivity contribution in [2.24, 2.45) is 0 Å². The number of fused-ring (bicyclic) bond motifs is 2. The lowest BCUT2D eigenvalue weighted by molar-refractivity contribution is -0.194. The smallest absolute Gasteiger partial charge is 0.335 e. The number of hydrogen-bond donors (Lipinski definition) is 2. The number of rotatable bonds is 15. The number of furan rings is 2. The number of nitrogens with one attached hydrogen (secondary N) is 1. The van der Waals surface area contributed by atoms with Gasteiger partial charge in [0.05, 0.1) is 5.56 Å². The number of ether oxygens (including phenoxy) is 4. The highest BCUT2D eigenvalue weighted by molar-refractivity contribution is 5.98. The van der Waals surface area contributed by atoms with Gasteiger partial charge in [-0.15, -0.1) is 0 Å². The van der Waals surface area contributed by atoms with Gasteiger partial charge in [0.25, 0.3) is 17.5 Å².